The van der Waals surface area contributed by atoms with Crippen molar-refractivity contribution < 1.29 is 9.23 Å². The number of hydrogen-bond acceptors (Lipinski definition) is 2. The molecule has 0 saturated carbocycles. The molecule has 1 aliphatic rings. The normalized spacial score (nSPS) is 17.1. The van der Waals surface area contributed by atoms with Crippen LogP contribution in [-0.2, 0) is 4.84 Å². The quantitative estimate of drug-likeness (QED) is 0.825. The van der Waals surface area contributed by atoms with Gasteiger partial charge in [-0.15, -0.1) is 12.4 Å². The van der Waals surface area contributed by atoms with Gasteiger partial charge in [0.25, 0.3) is 0 Å². The number of rotatable bonds is 2. The van der Waals surface area contributed by atoms with E-state index in [1.54, 1.807) is 7.11 Å². The molecule has 4 heteroatoms. The summed E-state index contributed by atoms with van der Waals surface area (Å²) in [5, 5.41) is 3.64. The summed E-state index contributed by atoms with van der Waals surface area (Å²) >= 11 is 0. The number of fused-ring (bicyclic) bond motifs is 1. The molecule has 2 aromatic rings. The van der Waals surface area contributed by atoms with Gasteiger partial charge in [0.2, 0.25) is 0 Å². The van der Waals surface area contributed by atoms with Gasteiger partial charge in [-0.25, -0.2) is 4.39 Å². The lowest BCUT2D eigenvalue weighted by molar-refractivity contribution is -0.143. The minimum Gasteiger partial charge on any atom is -0.302 e. The Labute approximate surface area is 124 Å². The molecule has 0 aromatic heterocycles. The second kappa shape index (κ2) is 6.53. The lowest BCUT2D eigenvalue weighted by atomic mass is 9.88. The van der Waals surface area contributed by atoms with Crippen molar-refractivity contribution in [2.75, 3.05) is 20.2 Å². The van der Waals surface area contributed by atoms with Crippen molar-refractivity contribution in [3.63, 3.8) is 0 Å². The molecule has 1 heterocycles. The SMILES string of the molecule is CON1CCC(c2ccc3ccccc3c2F)CC1.Cl. The third-order valence-electron chi connectivity index (χ3n) is 4.05. The van der Waals surface area contributed by atoms with Crippen LogP contribution in [0, 0.1) is 5.82 Å². The van der Waals surface area contributed by atoms with Crippen LogP contribution in [-0.4, -0.2) is 25.3 Å². The average molecular weight is 296 g/mol. The van der Waals surface area contributed by atoms with Crippen LogP contribution >= 0.6 is 12.4 Å². The highest BCUT2D eigenvalue weighted by Crippen LogP contribution is 2.32. The van der Waals surface area contributed by atoms with Crippen molar-refractivity contribution in [3.05, 3.63) is 47.8 Å². The molecule has 0 atom stereocenters. The molecular weight excluding hydrogens is 277 g/mol. The highest BCUT2D eigenvalue weighted by Gasteiger charge is 2.23. The van der Waals surface area contributed by atoms with Crippen LogP contribution in [0.5, 0.6) is 0 Å². The minimum absolute atomic E-state index is 0. The summed E-state index contributed by atoms with van der Waals surface area (Å²) in [5.74, 6) is 0.255. The fourth-order valence-electron chi connectivity index (χ4n) is 2.92. The lowest BCUT2D eigenvalue weighted by Gasteiger charge is -2.30. The van der Waals surface area contributed by atoms with Gasteiger partial charge in [-0.05, 0) is 29.7 Å². The summed E-state index contributed by atoms with van der Waals surface area (Å²) in [5.41, 5.74) is 0.856. The molecule has 108 valence electrons. The Morgan fingerprint density at radius 3 is 2.50 bits per heavy atom. The molecule has 0 spiro atoms. The fraction of sp³-hybridized carbons (Fsp3) is 0.375. The highest BCUT2D eigenvalue weighted by atomic mass is 35.5. The van der Waals surface area contributed by atoms with Crippen molar-refractivity contribution >= 4 is 23.2 Å². The molecule has 0 aliphatic carbocycles. The fourth-order valence-corrected chi connectivity index (χ4v) is 2.92. The van der Waals surface area contributed by atoms with Crippen molar-refractivity contribution in [2.24, 2.45) is 0 Å². The minimum atomic E-state index is -0.0473. The third-order valence-corrected chi connectivity index (χ3v) is 4.05. The number of hydroxylamine groups is 2. The van der Waals surface area contributed by atoms with Crippen molar-refractivity contribution in [2.45, 2.75) is 18.8 Å². The standard InChI is InChI=1S/C16H18FNO.ClH/c1-19-18-10-8-13(9-11-18)15-7-6-12-4-2-3-5-14(12)16(15)17;/h2-7,13H,8-11H2,1H3;1H. The van der Waals surface area contributed by atoms with Gasteiger partial charge in [-0.3, -0.25) is 0 Å². The molecule has 3 rings (SSSR count). The van der Waals surface area contributed by atoms with Gasteiger partial charge in [0.05, 0.1) is 7.11 Å². The molecule has 1 fully saturated rings. The van der Waals surface area contributed by atoms with Crippen LogP contribution in [0.15, 0.2) is 36.4 Å². The summed E-state index contributed by atoms with van der Waals surface area (Å²) in [4.78, 5) is 5.22. The van der Waals surface area contributed by atoms with E-state index in [4.69, 9.17) is 4.84 Å². The number of benzene rings is 2. The van der Waals surface area contributed by atoms with Gasteiger partial charge in [-0.1, -0.05) is 36.4 Å². The third kappa shape index (κ3) is 2.80. The molecule has 1 saturated heterocycles. The number of halogens is 2. The van der Waals surface area contributed by atoms with Crippen molar-refractivity contribution in [1.82, 2.24) is 5.06 Å². The summed E-state index contributed by atoms with van der Waals surface area (Å²) in [6, 6.07) is 11.6. The molecule has 0 bridgehead atoms. The zero-order valence-corrected chi connectivity index (χ0v) is 12.3. The molecule has 2 nitrogen and oxygen atoms in total. The van der Waals surface area contributed by atoms with Gasteiger partial charge in [0.1, 0.15) is 5.82 Å². The van der Waals surface area contributed by atoms with Gasteiger partial charge in [-0.2, -0.15) is 5.06 Å². The number of hydrogen-bond donors (Lipinski definition) is 0. The predicted molar refractivity (Wildman–Crippen MR) is 81.7 cm³/mol. The van der Waals surface area contributed by atoms with E-state index in [1.807, 2.05) is 41.5 Å². The maximum atomic E-state index is 14.6. The molecule has 0 radical (unpaired) electrons. The van der Waals surface area contributed by atoms with Crippen LogP contribution in [0.2, 0.25) is 0 Å². The van der Waals surface area contributed by atoms with E-state index in [-0.39, 0.29) is 18.2 Å². The van der Waals surface area contributed by atoms with E-state index < -0.39 is 0 Å². The summed E-state index contributed by atoms with van der Waals surface area (Å²) in [6.07, 6.45) is 1.90. The monoisotopic (exact) mass is 295 g/mol. The molecular formula is C16H19ClFNO. The topological polar surface area (TPSA) is 12.5 Å². The molecule has 0 N–H and O–H groups in total. The lowest BCUT2D eigenvalue weighted by Crippen LogP contribution is -2.32. The number of nitrogens with zero attached hydrogens (tertiary/aromatic N) is 1. The van der Waals surface area contributed by atoms with Crippen LogP contribution < -0.4 is 0 Å². The first-order valence-electron chi connectivity index (χ1n) is 6.76. The Kier molecular flexibility index (Phi) is 4.97. The summed E-state index contributed by atoms with van der Waals surface area (Å²) in [6.45, 7) is 1.74. The van der Waals surface area contributed by atoms with E-state index in [2.05, 4.69) is 0 Å². The second-order valence-electron chi connectivity index (χ2n) is 5.08. The van der Waals surface area contributed by atoms with Crippen molar-refractivity contribution in [1.29, 1.82) is 0 Å². The smallest absolute Gasteiger partial charge is 0.134 e. The van der Waals surface area contributed by atoms with Crippen LogP contribution in [0.4, 0.5) is 4.39 Å². The first kappa shape index (κ1) is 15.2. The summed E-state index contributed by atoms with van der Waals surface area (Å²) in [7, 11) is 1.69. The van der Waals surface area contributed by atoms with Crippen LogP contribution in [0.3, 0.4) is 0 Å². The van der Waals surface area contributed by atoms with E-state index >= 15 is 0 Å². The van der Waals surface area contributed by atoms with Crippen molar-refractivity contribution in [3.8, 4) is 0 Å². The first-order valence-corrected chi connectivity index (χ1v) is 6.76. The van der Waals surface area contributed by atoms with Crippen LogP contribution in [0.1, 0.15) is 24.3 Å². The molecule has 0 amide bonds. The largest absolute Gasteiger partial charge is 0.302 e. The van der Waals surface area contributed by atoms with Gasteiger partial charge >= 0.3 is 0 Å². The second-order valence-corrected chi connectivity index (χ2v) is 5.08. The van der Waals surface area contributed by atoms with Gasteiger partial charge in [0.15, 0.2) is 0 Å². The molecule has 1 aliphatic heterocycles. The zero-order chi connectivity index (χ0) is 13.2. The Morgan fingerprint density at radius 1 is 1.10 bits per heavy atom. The molecule has 0 unspecified atom stereocenters. The van der Waals surface area contributed by atoms with E-state index in [1.165, 1.54) is 0 Å². The predicted octanol–water partition coefficient (Wildman–Crippen LogP) is 4.14. The van der Waals surface area contributed by atoms with E-state index in [9.17, 15) is 4.39 Å². The van der Waals surface area contributed by atoms with E-state index in [0.29, 0.717) is 5.92 Å². The average Bonchev–Trinajstić information content (AvgIpc) is 2.48. The maximum Gasteiger partial charge on any atom is 0.134 e. The summed E-state index contributed by atoms with van der Waals surface area (Å²) < 4.78 is 14.6. The Hall–Kier alpha value is -1.16. The van der Waals surface area contributed by atoms with Gasteiger partial charge in [0, 0.05) is 18.5 Å². The molecule has 2 aromatic carbocycles. The number of piperidine rings is 1. The Balaban J connectivity index is 0.00000147. The zero-order valence-electron chi connectivity index (χ0n) is 11.5. The van der Waals surface area contributed by atoms with Gasteiger partial charge < -0.3 is 4.84 Å². The Morgan fingerprint density at radius 2 is 1.80 bits per heavy atom. The molecule has 20 heavy (non-hydrogen) atoms. The first-order chi connectivity index (χ1) is 9.29. The maximum absolute atomic E-state index is 14.6. The van der Waals surface area contributed by atoms with Crippen LogP contribution in [0.25, 0.3) is 10.8 Å². The highest BCUT2D eigenvalue weighted by molar-refractivity contribution is 5.85. The van der Waals surface area contributed by atoms with E-state index in [0.717, 1.165) is 42.3 Å². The Bertz CT molecular complexity index is 582.